The van der Waals surface area contributed by atoms with Crippen LogP contribution in [0.5, 0.6) is 0 Å². The van der Waals surface area contributed by atoms with Crippen molar-refractivity contribution in [3.05, 3.63) is 24.1 Å². The number of carbonyl (C=O) groups excluding carboxylic acids is 1. The van der Waals surface area contributed by atoms with Crippen molar-refractivity contribution >= 4 is 17.1 Å². The van der Waals surface area contributed by atoms with Gasteiger partial charge in [0.15, 0.2) is 5.58 Å². The summed E-state index contributed by atoms with van der Waals surface area (Å²) in [5.41, 5.74) is 1.67. The minimum atomic E-state index is -0.720. The van der Waals surface area contributed by atoms with Crippen molar-refractivity contribution in [1.29, 1.82) is 0 Å². The molecule has 1 aliphatic rings. The van der Waals surface area contributed by atoms with Gasteiger partial charge in [-0.25, -0.2) is 4.79 Å². The maximum absolute atomic E-state index is 12.2. The molecule has 1 saturated heterocycles. The van der Waals surface area contributed by atoms with Gasteiger partial charge in [0.25, 0.3) is 0 Å². The molecule has 0 spiro atoms. The fourth-order valence-corrected chi connectivity index (χ4v) is 2.13. The predicted molar refractivity (Wildman–Crippen MR) is 80.6 cm³/mol. The summed E-state index contributed by atoms with van der Waals surface area (Å²) in [6.45, 7) is 7.64. The van der Waals surface area contributed by atoms with E-state index in [4.69, 9.17) is 23.4 Å². The molecule has 126 valence electrons. The first-order chi connectivity index (χ1) is 10.9. The average Bonchev–Trinajstić information content (AvgIpc) is 2.85. The number of rotatable bonds is 7. The van der Waals surface area contributed by atoms with E-state index in [-0.39, 0.29) is 12.0 Å². The first kappa shape index (κ1) is 16.0. The van der Waals surface area contributed by atoms with Crippen LogP contribution >= 0.6 is 0 Å². The number of furan rings is 1. The van der Waals surface area contributed by atoms with Gasteiger partial charge in [-0.05, 0) is 13.8 Å². The Morgan fingerprint density at radius 2 is 1.96 bits per heavy atom. The highest BCUT2D eigenvalue weighted by Crippen LogP contribution is 2.29. The zero-order chi connectivity index (χ0) is 16.6. The third-order valence-corrected chi connectivity index (χ3v) is 3.32. The van der Waals surface area contributed by atoms with E-state index in [2.05, 4.69) is 4.98 Å². The first-order valence-corrected chi connectivity index (χ1v) is 7.67. The summed E-state index contributed by atoms with van der Waals surface area (Å²) in [7, 11) is 0. The molecule has 3 unspecified atom stereocenters. The van der Waals surface area contributed by atoms with Crippen LogP contribution in [0.25, 0.3) is 11.1 Å². The van der Waals surface area contributed by atoms with Crippen molar-refractivity contribution in [2.75, 3.05) is 0 Å². The lowest BCUT2D eigenvalue weighted by Crippen LogP contribution is -2.29. The number of hydrogen-bond acceptors (Lipinski definition) is 6. The standard InChI is InChI=1S/C16H21NO6/c1-8(2)14(22-16-15(23-16)20-9(3)4)21-13(18)11-7-12-10(17-11)5-6-19-12/h5-9,14-17H,1-4H3. The molecule has 1 N–H and O–H groups in total. The second-order valence-electron chi connectivity index (χ2n) is 6.09. The van der Waals surface area contributed by atoms with Crippen LogP contribution in [0.15, 0.2) is 22.8 Å². The Morgan fingerprint density at radius 1 is 1.22 bits per heavy atom. The molecule has 3 rings (SSSR count). The molecular formula is C16H21NO6. The van der Waals surface area contributed by atoms with Gasteiger partial charge in [-0.2, -0.15) is 0 Å². The van der Waals surface area contributed by atoms with Gasteiger partial charge < -0.3 is 28.3 Å². The molecule has 3 atom stereocenters. The summed E-state index contributed by atoms with van der Waals surface area (Å²) in [5.74, 6) is -0.530. The lowest BCUT2D eigenvalue weighted by Gasteiger charge is -2.20. The SMILES string of the molecule is CC(C)OC1OC1OC(OC(=O)c1cc2occc2[nH]1)C(C)C. The van der Waals surface area contributed by atoms with Crippen molar-refractivity contribution in [2.45, 2.75) is 52.7 Å². The number of epoxide rings is 1. The summed E-state index contributed by atoms with van der Waals surface area (Å²) in [5, 5.41) is 0. The normalized spacial score (nSPS) is 22.0. The molecule has 0 saturated carbocycles. The highest BCUT2D eigenvalue weighted by atomic mass is 16.9. The van der Waals surface area contributed by atoms with Crippen LogP contribution < -0.4 is 0 Å². The third kappa shape index (κ3) is 3.74. The second kappa shape index (κ2) is 6.35. The van der Waals surface area contributed by atoms with E-state index in [1.54, 1.807) is 18.4 Å². The highest BCUT2D eigenvalue weighted by molar-refractivity contribution is 5.93. The zero-order valence-electron chi connectivity index (χ0n) is 13.6. The Morgan fingerprint density at radius 3 is 2.61 bits per heavy atom. The minimum absolute atomic E-state index is 0.0270. The van der Waals surface area contributed by atoms with Crippen LogP contribution in [0.2, 0.25) is 0 Å². The Kier molecular flexibility index (Phi) is 4.43. The molecule has 0 radical (unpaired) electrons. The molecule has 0 bridgehead atoms. The number of ether oxygens (including phenoxy) is 4. The molecule has 1 fully saturated rings. The first-order valence-electron chi connectivity index (χ1n) is 7.67. The van der Waals surface area contributed by atoms with Crippen molar-refractivity contribution in [1.82, 2.24) is 4.98 Å². The summed E-state index contributed by atoms with van der Waals surface area (Å²) < 4.78 is 27.0. The number of H-pyrrole nitrogens is 1. The van der Waals surface area contributed by atoms with E-state index in [1.165, 1.54) is 0 Å². The molecule has 23 heavy (non-hydrogen) atoms. The Labute approximate surface area is 133 Å². The molecule has 7 heteroatoms. The number of hydrogen-bond donors (Lipinski definition) is 1. The predicted octanol–water partition coefficient (Wildman–Crippen LogP) is 3.02. The summed E-state index contributed by atoms with van der Waals surface area (Å²) >= 11 is 0. The number of esters is 1. The monoisotopic (exact) mass is 323 g/mol. The van der Waals surface area contributed by atoms with Gasteiger partial charge in [0.1, 0.15) is 5.69 Å². The smallest absolute Gasteiger partial charge is 0.357 e. The fourth-order valence-electron chi connectivity index (χ4n) is 2.13. The largest absolute Gasteiger partial charge is 0.463 e. The zero-order valence-corrected chi connectivity index (χ0v) is 13.6. The Hall–Kier alpha value is -1.83. The maximum Gasteiger partial charge on any atom is 0.357 e. The van der Waals surface area contributed by atoms with E-state index in [0.717, 1.165) is 5.52 Å². The molecule has 0 aliphatic carbocycles. The van der Waals surface area contributed by atoms with Crippen molar-refractivity contribution < 1.29 is 28.2 Å². The Bertz CT molecular complexity index is 644. The van der Waals surface area contributed by atoms with Crippen LogP contribution in [0.3, 0.4) is 0 Å². The topological polar surface area (TPSA) is 86.2 Å². The lowest BCUT2D eigenvalue weighted by molar-refractivity contribution is -0.162. The van der Waals surface area contributed by atoms with Crippen molar-refractivity contribution in [3.8, 4) is 0 Å². The lowest BCUT2D eigenvalue weighted by atomic mass is 10.2. The van der Waals surface area contributed by atoms with Gasteiger partial charge >= 0.3 is 5.97 Å². The van der Waals surface area contributed by atoms with Crippen LogP contribution in [0, 0.1) is 5.92 Å². The number of aromatic amines is 1. The molecular weight excluding hydrogens is 302 g/mol. The van der Waals surface area contributed by atoms with Gasteiger partial charge in [-0.15, -0.1) is 0 Å². The van der Waals surface area contributed by atoms with Crippen LogP contribution in [0.1, 0.15) is 38.2 Å². The third-order valence-electron chi connectivity index (χ3n) is 3.32. The summed E-state index contributed by atoms with van der Waals surface area (Å²) in [6.07, 6.45) is -0.0264. The van der Waals surface area contributed by atoms with Gasteiger partial charge in [0.2, 0.25) is 18.9 Å². The molecule has 1 aliphatic heterocycles. The van der Waals surface area contributed by atoms with Crippen molar-refractivity contribution in [2.24, 2.45) is 5.92 Å². The van der Waals surface area contributed by atoms with Gasteiger partial charge in [-0.1, -0.05) is 13.8 Å². The van der Waals surface area contributed by atoms with Crippen LogP contribution in [0.4, 0.5) is 0 Å². The molecule has 0 aromatic carbocycles. The van der Waals surface area contributed by atoms with Crippen LogP contribution in [-0.4, -0.2) is 35.9 Å². The van der Waals surface area contributed by atoms with Gasteiger partial charge in [0, 0.05) is 18.1 Å². The summed E-state index contributed by atoms with van der Waals surface area (Å²) in [6, 6.07) is 3.35. The van der Waals surface area contributed by atoms with Gasteiger partial charge in [0.05, 0.1) is 17.9 Å². The highest BCUT2D eigenvalue weighted by Gasteiger charge is 2.45. The number of aromatic nitrogens is 1. The van der Waals surface area contributed by atoms with E-state index < -0.39 is 24.8 Å². The molecule has 3 heterocycles. The van der Waals surface area contributed by atoms with E-state index in [0.29, 0.717) is 11.3 Å². The van der Waals surface area contributed by atoms with Crippen LogP contribution in [-0.2, 0) is 18.9 Å². The average molecular weight is 323 g/mol. The summed E-state index contributed by atoms with van der Waals surface area (Å²) in [4.78, 5) is 15.2. The number of nitrogens with one attached hydrogen (secondary N) is 1. The molecule has 0 amide bonds. The quantitative estimate of drug-likeness (QED) is 0.479. The minimum Gasteiger partial charge on any atom is -0.463 e. The molecule has 2 aromatic heterocycles. The molecule has 7 nitrogen and oxygen atoms in total. The molecule has 2 aromatic rings. The fraction of sp³-hybridized carbons (Fsp3) is 0.562. The van der Waals surface area contributed by atoms with Gasteiger partial charge in [-0.3, -0.25) is 0 Å². The van der Waals surface area contributed by atoms with E-state index in [9.17, 15) is 4.79 Å². The second-order valence-corrected chi connectivity index (χ2v) is 6.09. The van der Waals surface area contributed by atoms with E-state index in [1.807, 2.05) is 27.7 Å². The maximum atomic E-state index is 12.2. The number of carbonyl (C=O) groups is 1. The van der Waals surface area contributed by atoms with Crippen molar-refractivity contribution in [3.63, 3.8) is 0 Å². The number of fused-ring (bicyclic) bond motifs is 1. The Balaban J connectivity index is 1.59. The van der Waals surface area contributed by atoms with E-state index >= 15 is 0 Å².